The van der Waals surface area contributed by atoms with Gasteiger partial charge in [-0.05, 0) is 68.5 Å². The van der Waals surface area contributed by atoms with E-state index in [9.17, 15) is 14.0 Å². The number of nitrogens with one attached hydrogen (secondary N) is 1. The number of amides is 3. The fourth-order valence-electron chi connectivity index (χ4n) is 4.91. The van der Waals surface area contributed by atoms with E-state index in [-0.39, 0.29) is 35.3 Å². The summed E-state index contributed by atoms with van der Waals surface area (Å²) in [5.74, 6) is 10.7. The summed E-state index contributed by atoms with van der Waals surface area (Å²) in [6.45, 7) is 4.59. The van der Waals surface area contributed by atoms with Crippen molar-refractivity contribution in [2.24, 2.45) is 16.8 Å². The first kappa shape index (κ1) is 26.3. The van der Waals surface area contributed by atoms with Gasteiger partial charge >= 0.3 is 6.03 Å². The molecule has 1 saturated carbocycles. The molecule has 1 fully saturated rings. The molecule has 2 heterocycles. The van der Waals surface area contributed by atoms with Gasteiger partial charge in [-0.1, -0.05) is 18.9 Å². The first-order valence-electron chi connectivity index (χ1n) is 12.6. The minimum absolute atomic E-state index is 0.0263. The summed E-state index contributed by atoms with van der Waals surface area (Å²) in [7, 11) is 1.85. The molecule has 1 aromatic carbocycles. The van der Waals surface area contributed by atoms with E-state index in [1.807, 2.05) is 25.8 Å². The molecule has 198 valence electrons. The molecule has 0 atom stereocenters. The Balaban J connectivity index is 1.50. The number of carbonyl (C=O) groups excluding carboxylic acids is 2. The van der Waals surface area contributed by atoms with Crippen LogP contribution in [0.25, 0.3) is 0 Å². The number of fused-ring (bicyclic) bond motifs is 1. The van der Waals surface area contributed by atoms with E-state index in [1.54, 1.807) is 23.1 Å². The molecule has 37 heavy (non-hydrogen) atoms. The van der Waals surface area contributed by atoms with Crippen LogP contribution in [0.15, 0.2) is 35.4 Å². The first-order valence-corrected chi connectivity index (χ1v) is 12.6. The van der Waals surface area contributed by atoms with Gasteiger partial charge in [0.1, 0.15) is 17.3 Å². The summed E-state index contributed by atoms with van der Waals surface area (Å²) in [5.41, 5.74) is 1.82. The van der Waals surface area contributed by atoms with Gasteiger partial charge in [0.15, 0.2) is 5.84 Å². The number of halogens is 1. The van der Waals surface area contributed by atoms with Crippen molar-refractivity contribution < 1.29 is 14.0 Å². The number of pyridine rings is 1. The lowest BCUT2D eigenvalue weighted by Crippen LogP contribution is -2.47. The predicted octanol–water partition coefficient (Wildman–Crippen LogP) is 3.03. The van der Waals surface area contributed by atoms with Gasteiger partial charge in [-0.2, -0.15) is 5.10 Å². The number of nitrogens with two attached hydrogens (primary N) is 2. The number of hydrazone groups is 1. The SMILES string of the molecule is CC(C)N(N)/C(=N\N)c1cccc(NC(=O)c2cc3c(cc2F)CCN(C(=O)N(C)C2CCCC2)C3)n1. The molecule has 0 unspecified atom stereocenters. The molecular formula is C26H35FN8O2. The number of amidine groups is 1. The molecule has 11 heteroatoms. The van der Waals surface area contributed by atoms with Crippen LogP contribution in [0.3, 0.4) is 0 Å². The smallest absolute Gasteiger partial charge is 0.320 e. The first-order chi connectivity index (χ1) is 17.7. The predicted molar refractivity (Wildman–Crippen MR) is 140 cm³/mol. The van der Waals surface area contributed by atoms with Crippen molar-refractivity contribution in [1.29, 1.82) is 0 Å². The lowest BCUT2D eigenvalue weighted by atomic mass is 9.96. The average Bonchev–Trinajstić information content (AvgIpc) is 3.43. The minimum Gasteiger partial charge on any atom is -0.325 e. The molecule has 4 rings (SSSR count). The Labute approximate surface area is 216 Å². The van der Waals surface area contributed by atoms with Gasteiger partial charge in [-0.3, -0.25) is 9.80 Å². The molecule has 1 aliphatic carbocycles. The molecule has 3 amide bonds. The Hall–Kier alpha value is -3.73. The number of aromatic nitrogens is 1. The zero-order valence-corrected chi connectivity index (χ0v) is 21.6. The van der Waals surface area contributed by atoms with Crippen molar-refractivity contribution >= 4 is 23.6 Å². The van der Waals surface area contributed by atoms with Crippen molar-refractivity contribution in [3.63, 3.8) is 0 Å². The summed E-state index contributed by atoms with van der Waals surface area (Å²) in [6.07, 6.45) is 4.87. The number of hydrogen-bond acceptors (Lipinski definition) is 6. The van der Waals surface area contributed by atoms with E-state index in [2.05, 4.69) is 15.4 Å². The van der Waals surface area contributed by atoms with Crippen LogP contribution >= 0.6 is 0 Å². The average molecular weight is 511 g/mol. The Bertz CT molecular complexity index is 1200. The second-order valence-electron chi connectivity index (χ2n) is 9.92. The number of carbonyl (C=O) groups is 2. The lowest BCUT2D eigenvalue weighted by Gasteiger charge is -2.35. The molecule has 5 N–H and O–H groups in total. The van der Waals surface area contributed by atoms with Crippen LogP contribution in [0, 0.1) is 5.82 Å². The van der Waals surface area contributed by atoms with E-state index in [4.69, 9.17) is 11.7 Å². The second kappa shape index (κ2) is 11.1. The Morgan fingerprint density at radius 2 is 1.95 bits per heavy atom. The maximum absolute atomic E-state index is 14.9. The highest BCUT2D eigenvalue weighted by molar-refractivity contribution is 6.04. The fraction of sp³-hybridized carbons (Fsp3) is 0.462. The Kier molecular flexibility index (Phi) is 7.91. The summed E-state index contributed by atoms with van der Waals surface area (Å²) >= 11 is 0. The fourth-order valence-corrected chi connectivity index (χ4v) is 4.91. The van der Waals surface area contributed by atoms with Crippen LogP contribution in [0.4, 0.5) is 15.0 Å². The maximum Gasteiger partial charge on any atom is 0.320 e. The number of urea groups is 1. The van der Waals surface area contributed by atoms with Gasteiger partial charge in [0.25, 0.3) is 5.91 Å². The number of anilines is 1. The van der Waals surface area contributed by atoms with Gasteiger partial charge in [0.05, 0.1) is 5.56 Å². The zero-order valence-electron chi connectivity index (χ0n) is 21.6. The van der Waals surface area contributed by atoms with Crippen LogP contribution in [0.5, 0.6) is 0 Å². The number of hydrogen-bond donors (Lipinski definition) is 3. The molecule has 0 bridgehead atoms. The third-order valence-corrected chi connectivity index (χ3v) is 7.13. The van der Waals surface area contributed by atoms with E-state index in [0.29, 0.717) is 25.2 Å². The minimum atomic E-state index is -0.642. The molecular weight excluding hydrogens is 475 g/mol. The van der Waals surface area contributed by atoms with E-state index in [0.717, 1.165) is 36.8 Å². The van der Waals surface area contributed by atoms with Gasteiger partial charge in [0, 0.05) is 32.2 Å². The summed E-state index contributed by atoms with van der Waals surface area (Å²) < 4.78 is 14.9. The highest BCUT2D eigenvalue weighted by atomic mass is 19.1. The van der Waals surface area contributed by atoms with Crippen molar-refractivity contribution in [1.82, 2.24) is 19.8 Å². The summed E-state index contributed by atoms with van der Waals surface area (Å²) in [6, 6.07) is 8.00. The van der Waals surface area contributed by atoms with Gasteiger partial charge in [-0.25, -0.2) is 20.0 Å². The van der Waals surface area contributed by atoms with E-state index < -0.39 is 11.7 Å². The standard InChI is InChI=1S/C26H35FN8O2/c1-16(2)35(29)24(32-28)22-9-6-10-23(30-22)31-25(36)20-13-18-15-34(12-11-17(18)14-21(20)27)26(37)33(3)19-7-4-5-8-19/h6,9-10,13-14,16,19H,4-5,7-8,11-12,15,28-29H2,1-3H3,(H,30,31,36)/b32-24-. The van der Waals surface area contributed by atoms with Crippen LogP contribution < -0.4 is 17.0 Å². The third kappa shape index (κ3) is 5.66. The van der Waals surface area contributed by atoms with Crippen molar-refractivity contribution in [3.05, 3.63) is 58.5 Å². The van der Waals surface area contributed by atoms with Crippen LogP contribution in [0.2, 0.25) is 0 Å². The topological polar surface area (TPSA) is 133 Å². The molecule has 1 aliphatic heterocycles. The molecule has 0 saturated heterocycles. The Morgan fingerprint density at radius 3 is 2.62 bits per heavy atom. The molecule has 2 aliphatic rings. The largest absolute Gasteiger partial charge is 0.325 e. The Morgan fingerprint density at radius 1 is 1.22 bits per heavy atom. The van der Waals surface area contributed by atoms with Crippen LogP contribution in [-0.2, 0) is 13.0 Å². The van der Waals surface area contributed by atoms with Crippen molar-refractivity contribution in [2.45, 2.75) is 64.6 Å². The number of benzene rings is 1. The monoisotopic (exact) mass is 510 g/mol. The zero-order chi connectivity index (χ0) is 26.7. The number of hydrazine groups is 1. The lowest BCUT2D eigenvalue weighted by molar-refractivity contribution is 0.102. The quantitative estimate of drug-likeness (QED) is 0.245. The van der Waals surface area contributed by atoms with Crippen LogP contribution in [0.1, 0.15) is 66.7 Å². The summed E-state index contributed by atoms with van der Waals surface area (Å²) in [5, 5.41) is 7.74. The third-order valence-electron chi connectivity index (χ3n) is 7.13. The van der Waals surface area contributed by atoms with E-state index >= 15 is 0 Å². The van der Waals surface area contributed by atoms with Gasteiger partial charge < -0.3 is 21.0 Å². The van der Waals surface area contributed by atoms with Crippen molar-refractivity contribution in [3.8, 4) is 0 Å². The number of nitrogens with zero attached hydrogens (tertiary/aromatic N) is 5. The second-order valence-corrected chi connectivity index (χ2v) is 9.92. The molecule has 0 spiro atoms. The molecule has 10 nitrogen and oxygen atoms in total. The van der Waals surface area contributed by atoms with Crippen LogP contribution in [-0.4, -0.2) is 63.2 Å². The van der Waals surface area contributed by atoms with Gasteiger partial charge in [-0.15, -0.1) is 0 Å². The molecule has 0 radical (unpaired) electrons. The normalized spacial score (nSPS) is 16.1. The van der Waals surface area contributed by atoms with Crippen molar-refractivity contribution in [2.75, 3.05) is 18.9 Å². The van der Waals surface area contributed by atoms with E-state index in [1.165, 1.54) is 17.1 Å². The highest BCUT2D eigenvalue weighted by Crippen LogP contribution is 2.27. The maximum atomic E-state index is 14.9. The highest BCUT2D eigenvalue weighted by Gasteiger charge is 2.30. The molecule has 1 aromatic heterocycles. The number of rotatable bonds is 5. The molecule has 2 aromatic rings. The summed E-state index contributed by atoms with van der Waals surface area (Å²) in [4.78, 5) is 34.1. The van der Waals surface area contributed by atoms with Gasteiger partial charge in [0.2, 0.25) is 0 Å².